The number of halogens is 1. The van der Waals surface area contributed by atoms with Crippen LogP contribution in [0.1, 0.15) is 5.56 Å². The van der Waals surface area contributed by atoms with Gasteiger partial charge >= 0.3 is 0 Å². The Bertz CT molecular complexity index is 278. The van der Waals surface area contributed by atoms with Crippen LogP contribution >= 0.6 is 22.6 Å². The topological polar surface area (TPSA) is 21.1 Å². The van der Waals surface area contributed by atoms with E-state index < -0.39 is 0 Å². The van der Waals surface area contributed by atoms with Crippen LogP contribution in [0.4, 0.5) is 0 Å². The van der Waals surface area contributed by atoms with Crippen LogP contribution in [0.2, 0.25) is 0 Å². The fraction of sp³-hybridized carbons (Fsp3) is 0.455. The molecule has 1 aliphatic rings. The summed E-state index contributed by atoms with van der Waals surface area (Å²) >= 11 is 2.36. The third-order valence-corrected chi connectivity index (χ3v) is 3.49. The Morgan fingerprint density at radius 1 is 1.14 bits per heavy atom. The lowest BCUT2D eigenvalue weighted by molar-refractivity contribution is -0.958. The summed E-state index contributed by atoms with van der Waals surface area (Å²) < 4.78 is 1.33. The molecule has 1 saturated heterocycles. The Hall–Kier alpha value is -0.130. The quantitative estimate of drug-likeness (QED) is 0.671. The maximum Gasteiger partial charge on any atom is 0.127 e. The molecule has 1 aromatic carbocycles. The molecule has 1 heterocycles. The molecule has 2 nitrogen and oxygen atoms in total. The van der Waals surface area contributed by atoms with Crippen molar-refractivity contribution >= 4 is 22.6 Å². The van der Waals surface area contributed by atoms with Gasteiger partial charge in [0.1, 0.15) is 32.7 Å². The first-order valence-corrected chi connectivity index (χ1v) is 6.32. The number of nitrogens with two attached hydrogens (primary N) is 1. The summed E-state index contributed by atoms with van der Waals surface area (Å²) in [6, 6.07) is 8.91. The summed E-state index contributed by atoms with van der Waals surface area (Å²) in [5.41, 5.74) is 1.47. The number of piperazine rings is 1. The van der Waals surface area contributed by atoms with E-state index >= 15 is 0 Å². The highest BCUT2D eigenvalue weighted by molar-refractivity contribution is 14.1. The lowest BCUT2D eigenvalue weighted by atomic mass is 10.2. The molecule has 0 unspecified atom stereocenters. The second kappa shape index (κ2) is 5.09. The molecule has 0 radical (unpaired) electrons. The van der Waals surface area contributed by atoms with Gasteiger partial charge in [-0.1, -0.05) is 12.1 Å². The summed E-state index contributed by atoms with van der Waals surface area (Å²) in [5.74, 6) is 0. The SMILES string of the molecule is Ic1ccc(C[NH+]2CC[NH2+]CC2)cc1. The first kappa shape index (κ1) is 10.4. The van der Waals surface area contributed by atoms with Gasteiger partial charge in [0.05, 0.1) is 0 Å². The minimum atomic E-state index is 1.20. The Morgan fingerprint density at radius 3 is 2.43 bits per heavy atom. The molecule has 0 bridgehead atoms. The smallest absolute Gasteiger partial charge is 0.127 e. The van der Waals surface area contributed by atoms with Gasteiger partial charge in [0.15, 0.2) is 0 Å². The number of benzene rings is 1. The molecular formula is C11H17IN2+2. The van der Waals surface area contributed by atoms with Crippen LogP contribution in [0.15, 0.2) is 24.3 Å². The Balaban J connectivity index is 1.92. The first-order valence-electron chi connectivity index (χ1n) is 5.24. The van der Waals surface area contributed by atoms with Crippen LogP contribution in [-0.2, 0) is 6.54 Å². The zero-order valence-corrected chi connectivity index (χ0v) is 10.5. The van der Waals surface area contributed by atoms with Crippen molar-refractivity contribution in [2.45, 2.75) is 6.54 Å². The molecular weight excluding hydrogens is 287 g/mol. The Morgan fingerprint density at radius 2 is 1.79 bits per heavy atom. The summed E-state index contributed by atoms with van der Waals surface area (Å²) in [7, 11) is 0. The maximum absolute atomic E-state index is 2.41. The fourth-order valence-corrected chi connectivity index (χ4v) is 2.31. The van der Waals surface area contributed by atoms with Crippen molar-refractivity contribution in [3.05, 3.63) is 33.4 Å². The molecule has 0 saturated carbocycles. The highest BCUT2D eigenvalue weighted by Crippen LogP contribution is 2.05. The summed E-state index contributed by atoms with van der Waals surface area (Å²) in [4.78, 5) is 1.73. The number of hydrogen-bond acceptors (Lipinski definition) is 0. The lowest BCUT2D eigenvalue weighted by Gasteiger charge is -2.22. The average molecular weight is 304 g/mol. The van der Waals surface area contributed by atoms with Gasteiger partial charge in [-0.05, 0) is 34.7 Å². The number of rotatable bonds is 2. The minimum Gasteiger partial charge on any atom is -0.337 e. The van der Waals surface area contributed by atoms with Gasteiger partial charge in [-0.25, -0.2) is 0 Å². The van der Waals surface area contributed by atoms with Gasteiger partial charge in [0, 0.05) is 9.13 Å². The highest BCUT2D eigenvalue weighted by Gasteiger charge is 2.15. The van der Waals surface area contributed by atoms with E-state index in [0.717, 1.165) is 0 Å². The molecule has 3 heteroatoms. The second-order valence-corrected chi connectivity index (χ2v) is 5.16. The van der Waals surface area contributed by atoms with Crippen molar-refractivity contribution in [1.29, 1.82) is 0 Å². The van der Waals surface area contributed by atoms with Crippen LogP contribution in [0.3, 0.4) is 0 Å². The van der Waals surface area contributed by atoms with Crippen molar-refractivity contribution < 1.29 is 10.2 Å². The molecule has 0 aliphatic carbocycles. The van der Waals surface area contributed by atoms with E-state index in [1.165, 1.54) is 41.9 Å². The standard InChI is InChI=1S/C11H15IN2/c12-11-3-1-10(2-4-11)9-14-7-5-13-6-8-14/h1-4,13H,5-9H2/p+2. The summed E-state index contributed by atoms with van der Waals surface area (Å²) in [6.07, 6.45) is 0. The van der Waals surface area contributed by atoms with Gasteiger partial charge in [0.2, 0.25) is 0 Å². The van der Waals surface area contributed by atoms with Crippen molar-refractivity contribution in [3.63, 3.8) is 0 Å². The molecule has 2 rings (SSSR count). The molecule has 3 N–H and O–H groups in total. The lowest BCUT2D eigenvalue weighted by Crippen LogP contribution is -3.19. The van der Waals surface area contributed by atoms with E-state index in [9.17, 15) is 0 Å². The molecule has 14 heavy (non-hydrogen) atoms. The normalized spacial score (nSPS) is 18.4. The summed E-state index contributed by atoms with van der Waals surface area (Å²) in [6.45, 7) is 6.40. The highest BCUT2D eigenvalue weighted by atomic mass is 127. The third kappa shape index (κ3) is 2.93. The van der Waals surface area contributed by atoms with E-state index in [1.807, 2.05) is 0 Å². The van der Waals surface area contributed by atoms with Crippen molar-refractivity contribution in [2.24, 2.45) is 0 Å². The van der Waals surface area contributed by atoms with Crippen LogP contribution in [0.5, 0.6) is 0 Å². The third-order valence-electron chi connectivity index (χ3n) is 2.77. The van der Waals surface area contributed by atoms with Crippen LogP contribution in [0.25, 0.3) is 0 Å². The fourth-order valence-electron chi connectivity index (χ4n) is 1.95. The summed E-state index contributed by atoms with van der Waals surface area (Å²) in [5, 5.41) is 2.41. The van der Waals surface area contributed by atoms with Crippen molar-refractivity contribution in [1.82, 2.24) is 0 Å². The molecule has 0 aromatic heterocycles. The van der Waals surface area contributed by atoms with Crippen LogP contribution in [-0.4, -0.2) is 26.2 Å². The van der Waals surface area contributed by atoms with E-state index in [2.05, 4.69) is 52.2 Å². The predicted molar refractivity (Wildman–Crippen MR) is 65.2 cm³/mol. The van der Waals surface area contributed by atoms with Gasteiger partial charge in [-0.3, -0.25) is 0 Å². The molecule has 1 aliphatic heterocycles. The Kier molecular flexibility index (Phi) is 3.78. The van der Waals surface area contributed by atoms with E-state index in [-0.39, 0.29) is 0 Å². The average Bonchev–Trinajstić information content (AvgIpc) is 2.23. The molecule has 0 amide bonds. The molecule has 0 atom stereocenters. The molecule has 1 aromatic rings. The number of hydrogen-bond donors (Lipinski definition) is 2. The van der Waals surface area contributed by atoms with E-state index in [0.29, 0.717) is 0 Å². The van der Waals surface area contributed by atoms with Crippen molar-refractivity contribution in [2.75, 3.05) is 26.2 Å². The van der Waals surface area contributed by atoms with Gasteiger partial charge in [-0.15, -0.1) is 0 Å². The first-order chi connectivity index (χ1) is 6.84. The van der Waals surface area contributed by atoms with Crippen LogP contribution in [0, 0.1) is 3.57 Å². The minimum absolute atomic E-state index is 1.20. The van der Waals surface area contributed by atoms with Crippen LogP contribution < -0.4 is 10.2 Å². The zero-order valence-electron chi connectivity index (χ0n) is 8.30. The Labute approximate surface area is 98.8 Å². The molecule has 76 valence electrons. The second-order valence-electron chi connectivity index (χ2n) is 3.92. The number of nitrogens with one attached hydrogen (secondary N) is 1. The predicted octanol–water partition coefficient (Wildman–Crippen LogP) is -0.747. The molecule has 0 spiro atoms. The largest absolute Gasteiger partial charge is 0.337 e. The van der Waals surface area contributed by atoms with Gasteiger partial charge < -0.3 is 10.2 Å². The monoisotopic (exact) mass is 304 g/mol. The zero-order chi connectivity index (χ0) is 9.80. The van der Waals surface area contributed by atoms with Crippen molar-refractivity contribution in [3.8, 4) is 0 Å². The van der Waals surface area contributed by atoms with E-state index in [1.54, 1.807) is 4.90 Å². The van der Waals surface area contributed by atoms with Gasteiger partial charge in [-0.2, -0.15) is 0 Å². The van der Waals surface area contributed by atoms with E-state index in [4.69, 9.17) is 0 Å². The molecule has 1 fully saturated rings. The van der Waals surface area contributed by atoms with Gasteiger partial charge in [0.25, 0.3) is 0 Å². The number of quaternary nitrogens is 2. The maximum atomic E-state index is 2.41.